The third-order valence-corrected chi connectivity index (χ3v) is 6.81. The molecule has 1 fully saturated rings. The lowest BCUT2D eigenvalue weighted by molar-refractivity contribution is -0.137. The van der Waals surface area contributed by atoms with Crippen LogP contribution in [0.5, 0.6) is 0 Å². The Balaban J connectivity index is 1.66. The molecule has 172 valence electrons. The number of hydrogen-bond donors (Lipinski definition) is 2. The van der Waals surface area contributed by atoms with Gasteiger partial charge < -0.3 is 11.1 Å². The number of aryl methyl sites for hydroxylation is 1. The molecule has 6 nitrogen and oxygen atoms in total. The van der Waals surface area contributed by atoms with Crippen LogP contribution in [0.2, 0.25) is 0 Å². The minimum absolute atomic E-state index is 0.00176. The van der Waals surface area contributed by atoms with Crippen LogP contribution < -0.4 is 11.1 Å². The number of thiophene rings is 1. The van der Waals surface area contributed by atoms with Crippen LogP contribution in [0.15, 0.2) is 24.5 Å². The molecule has 3 heterocycles. The summed E-state index contributed by atoms with van der Waals surface area (Å²) in [5.74, 6) is -3.76. The SMILES string of the molecule is CCc1sc(C(=O)NC2C(N)CCCC2(F)F)cc1-c1cnc2cc(C(F)(F)F)cnn12. The Labute approximate surface area is 183 Å². The number of halogens is 5. The van der Waals surface area contributed by atoms with Gasteiger partial charge in [-0.05, 0) is 31.4 Å². The van der Waals surface area contributed by atoms with Crippen LogP contribution in [0.25, 0.3) is 16.9 Å². The normalized spacial score (nSPS) is 21.1. The number of rotatable bonds is 4. The zero-order valence-electron chi connectivity index (χ0n) is 16.9. The van der Waals surface area contributed by atoms with E-state index in [1.54, 1.807) is 0 Å². The largest absolute Gasteiger partial charge is 0.418 e. The van der Waals surface area contributed by atoms with Gasteiger partial charge >= 0.3 is 6.18 Å². The predicted molar refractivity (Wildman–Crippen MR) is 109 cm³/mol. The molecule has 1 amide bonds. The molecule has 3 aromatic rings. The molecule has 0 bridgehead atoms. The number of amides is 1. The van der Waals surface area contributed by atoms with E-state index in [4.69, 9.17) is 5.73 Å². The molecule has 0 spiro atoms. The summed E-state index contributed by atoms with van der Waals surface area (Å²) in [6.07, 6.45) is -1.61. The third kappa shape index (κ3) is 4.08. The van der Waals surface area contributed by atoms with Crippen molar-refractivity contribution in [1.29, 1.82) is 0 Å². The van der Waals surface area contributed by atoms with Gasteiger partial charge in [-0.2, -0.15) is 18.3 Å². The molecule has 12 heteroatoms. The molecule has 3 N–H and O–H groups in total. The molecule has 2 unspecified atom stereocenters. The van der Waals surface area contributed by atoms with Gasteiger partial charge in [0.2, 0.25) is 0 Å². The van der Waals surface area contributed by atoms with E-state index < -0.39 is 35.7 Å². The summed E-state index contributed by atoms with van der Waals surface area (Å²) in [4.78, 5) is 17.7. The Hall–Kier alpha value is -2.60. The fraction of sp³-hybridized carbons (Fsp3) is 0.450. The Morgan fingerprint density at radius 2 is 2.09 bits per heavy atom. The van der Waals surface area contributed by atoms with Crippen molar-refractivity contribution >= 4 is 22.9 Å². The van der Waals surface area contributed by atoms with E-state index in [1.807, 2.05) is 6.92 Å². The maximum Gasteiger partial charge on any atom is 0.418 e. The number of carbonyl (C=O) groups excluding carboxylic acids is 1. The first-order chi connectivity index (χ1) is 15.0. The number of imidazole rings is 1. The zero-order valence-corrected chi connectivity index (χ0v) is 17.7. The van der Waals surface area contributed by atoms with E-state index in [0.29, 0.717) is 36.7 Å². The lowest BCUT2D eigenvalue weighted by atomic mass is 9.87. The maximum atomic E-state index is 14.3. The van der Waals surface area contributed by atoms with Gasteiger partial charge in [-0.25, -0.2) is 18.3 Å². The number of alkyl halides is 5. The standard InChI is InChI=1S/C20H20F5N5OS/c1-2-14-11(13-9-27-16-6-10(20(23,24)25)8-28-30(13)16)7-15(32-14)18(31)29-17-12(26)4-3-5-19(17,21)22/h6-9,12,17H,2-5,26H2,1H3,(H,29,31). The van der Waals surface area contributed by atoms with Crippen molar-refractivity contribution in [2.24, 2.45) is 5.73 Å². The van der Waals surface area contributed by atoms with Gasteiger partial charge in [0.05, 0.1) is 28.5 Å². The minimum Gasteiger partial charge on any atom is -0.341 e. The summed E-state index contributed by atoms with van der Waals surface area (Å²) in [5, 5.41) is 6.24. The molecule has 32 heavy (non-hydrogen) atoms. The summed E-state index contributed by atoms with van der Waals surface area (Å²) >= 11 is 1.13. The topological polar surface area (TPSA) is 85.3 Å². The Kier molecular flexibility index (Phi) is 5.70. The summed E-state index contributed by atoms with van der Waals surface area (Å²) in [6.45, 7) is 1.85. The van der Waals surface area contributed by atoms with Crippen molar-refractivity contribution in [2.45, 2.75) is 56.8 Å². The average molecular weight is 473 g/mol. The number of nitrogens with two attached hydrogens (primary N) is 1. The van der Waals surface area contributed by atoms with Crippen LogP contribution >= 0.6 is 11.3 Å². The van der Waals surface area contributed by atoms with Crippen molar-refractivity contribution in [3.05, 3.63) is 39.8 Å². The summed E-state index contributed by atoms with van der Waals surface area (Å²) in [6, 6.07) is 0.0965. The molecule has 0 saturated heterocycles. The third-order valence-electron chi connectivity index (χ3n) is 5.54. The van der Waals surface area contributed by atoms with Crippen LogP contribution in [0.1, 0.15) is 46.3 Å². The molecule has 0 aliphatic heterocycles. The first kappa shape index (κ1) is 22.6. The van der Waals surface area contributed by atoms with E-state index >= 15 is 0 Å². The maximum absolute atomic E-state index is 14.3. The van der Waals surface area contributed by atoms with Crippen LogP contribution in [0, 0.1) is 0 Å². The molecule has 3 aromatic heterocycles. The molecule has 1 aliphatic rings. The Bertz CT molecular complexity index is 1160. The van der Waals surface area contributed by atoms with Crippen LogP contribution in [-0.4, -0.2) is 38.5 Å². The highest BCUT2D eigenvalue weighted by Crippen LogP contribution is 2.36. The fourth-order valence-electron chi connectivity index (χ4n) is 3.87. The lowest BCUT2D eigenvalue weighted by Gasteiger charge is -2.36. The summed E-state index contributed by atoms with van der Waals surface area (Å²) in [5.41, 5.74) is 5.87. The van der Waals surface area contributed by atoms with E-state index in [1.165, 1.54) is 16.8 Å². The predicted octanol–water partition coefficient (Wildman–Crippen LogP) is 4.28. The molecule has 1 saturated carbocycles. The number of aromatic nitrogens is 3. The Morgan fingerprint density at radius 3 is 2.75 bits per heavy atom. The summed E-state index contributed by atoms with van der Waals surface area (Å²) in [7, 11) is 0. The van der Waals surface area contributed by atoms with Gasteiger partial charge in [-0.1, -0.05) is 6.92 Å². The van der Waals surface area contributed by atoms with Crippen molar-refractivity contribution in [1.82, 2.24) is 19.9 Å². The van der Waals surface area contributed by atoms with Crippen LogP contribution in [0.3, 0.4) is 0 Å². The van der Waals surface area contributed by atoms with Gasteiger partial charge in [-0.15, -0.1) is 11.3 Å². The fourth-order valence-corrected chi connectivity index (χ4v) is 4.88. The highest BCUT2D eigenvalue weighted by Gasteiger charge is 2.46. The van der Waals surface area contributed by atoms with E-state index in [0.717, 1.165) is 22.3 Å². The van der Waals surface area contributed by atoms with Gasteiger partial charge in [0.25, 0.3) is 11.8 Å². The number of fused-ring (bicyclic) bond motifs is 1. The minimum atomic E-state index is -4.55. The Morgan fingerprint density at radius 1 is 1.34 bits per heavy atom. The molecule has 2 atom stereocenters. The number of nitrogens with zero attached hydrogens (tertiary/aromatic N) is 3. The van der Waals surface area contributed by atoms with Gasteiger partial charge in [0.1, 0.15) is 6.04 Å². The van der Waals surface area contributed by atoms with Gasteiger partial charge in [0.15, 0.2) is 5.65 Å². The molecule has 4 rings (SSSR count). The number of carbonyl (C=O) groups is 1. The van der Waals surface area contributed by atoms with E-state index in [-0.39, 0.29) is 16.9 Å². The first-order valence-corrected chi connectivity index (χ1v) is 10.8. The van der Waals surface area contributed by atoms with E-state index in [9.17, 15) is 26.7 Å². The van der Waals surface area contributed by atoms with Crippen molar-refractivity contribution in [3.63, 3.8) is 0 Å². The first-order valence-electron chi connectivity index (χ1n) is 9.99. The second-order valence-corrected chi connectivity index (χ2v) is 8.86. The van der Waals surface area contributed by atoms with Crippen LogP contribution in [0.4, 0.5) is 22.0 Å². The number of hydrogen-bond acceptors (Lipinski definition) is 5. The lowest BCUT2D eigenvalue weighted by Crippen LogP contribution is -2.59. The zero-order chi connectivity index (χ0) is 23.3. The highest BCUT2D eigenvalue weighted by atomic mass is 32.1. The molecular formula is C20H20F5N5OS. The van der Waals surface area contributed by atoms with Gasteiger partial charge in [0, 0.05) is 22.9 Å². The van der Waals surface area contributed by atoms with Crippen molar-refractivity contribution in [3.8, 4) is 11.3 Å². The van der Waals surface area contributed by atoms with Gasteiger partial charge in [-0.3, -0.25) is 4.79 Å². The molecular weight excluding hydrogens is 453 g/mol. The summed E-state index contributed by atoms with van der Waals surface area (Å²) < 4.78 is 68.6. The van der Waals surface area contributed by atoms with Crippen LogP contribution in [-0.2, 0) is 12.6 Å². The molecule has 0 aromatic carbocycles. The molecule has 1 aliphatic carbocycles. The molecule has 0 radical (unpaired) electrons. The van der Waals surface area contributed by atoms with Crippen molar-refractivity contribution in [2.75, 3.05) is 0 Å². The average Bonchev–Trinajstić information content (AvgIpc) is 3.33. The number of nitrogens with one attached hydrogen (secondary N) is 1. The highest BCUT2D eigenvalue weighted by molar-refractivity contribution is 7.14. The van der Waals surface area contributed by atoms with Crippen molar-refractivity contribution < 1.29 is 26.7 Å². The quantitative estimate of drug-likeness (QED) is 0.554. The second kappa shape index (κ2) is 8.07. The smallest absolute Gasteiger partial charge is 0.341 e. The second-order valence-electron chi connectivity index (χ2n) is 7.72. The monoisotopic (exact) mass is 473 g/mol. The van der Waals surface area contributed by atoms with E-state index in [2.05, 4.69) is 15.4 Å².